The smallest absolute Gasteiger partial charge is 0.140 e. The Bertz CT molecular complexity index is 606. The van der Waals surface area contributed by atoms with E-state index in [1.54, 1.807) is 18.2 Å². The molecule has 1 aromatic heterocycles. The molecule has 2 rings (SSSR count). The molecule has 0 fully saturated rings. The van der Waals surface area contributed by atoms with Crippen molar-refractivity contribution >= 4 is 11.6 Å². The summed E-state index contributed by atoms with van der Waals surface area (Å²) in [5.41, 5.74) is 1.44. The Morgan fingerprint density at radius 1 is 1.10 bits per heavy atom. The Kier molecular flexibility index (Phi) is 4.09. The Labute approximate surface area is 124 Å². The highest BCUT2D eigenvalue weighted by atomic mass is 35.5. The summed E-state index contributed by atoms with van der Waals surface area (Å²) in [4.78, 5) is 8.96. The Hall–Kier alpha value is -1.48. The maximum Gasteiger partial charge on any atom is 0.140 e. The molecule has 20 heavy (non-hydrogen) atoms. The number of hydrogen-bond acceptors (Lipinski definition) is 2. The minimum absolute atomic E-state index is 0.251. The molecule has 2 nitrogen and oxygen atoms in total. The Morgan fingerprint density at radius 3 is 2.25 bits per heavy atom. The highest BCUT2D eigenvalue weighted by Gasteiger charge is 2.27. The van der Waals surface area contributed by atoms with Crippen molar-refractivity contribution < 1.29 is 4.39 Å². The van der Waals surface area contributed by atoms with Crippen LogP contribution in [-0.2, 0) is 5.41 Å². The first kappa shape index (κ1) is 14.9. The summed E-state index contributed by atoms with van der Waals surface area (Å²) in [7, 11) is 0. The molecular weight excluding hydrogens is 275 g/mol. The fourth-order valence-corrected chi connectivity index (χ4v) is 2.20. The van der Waals surface area contributed by atoms with E-state index in [1.165, 1.54) is 12.1 Å². The van der Waals surface area contributed by atoms with E-state index in [2.05, 4.69) is 23.8 Å². The van der Waals surface area contributed by atoms with Gasteiger partial charge in [-0.25, -0.2) is 14.4 Å². The van der Waals surface area contributed by atoms with Crippen LogP contribution in [0, 0.1) is 5.82 Å². The third kappa shape index (κ3) is 2.98. The van der Waals surface area contributed by atoms with Crippen LogP contribution in [0.25, 0.3) is 0 Å². The van der Waals surface area contributed by atoms with Gasteiger partial charge in [-0.15, -0.1) is 0 Å². The lowest BCUT2D eigenvalue weighted by Crippen LogP contribution is -2.23. The first-order chi connectivity index (χ1) is 9.30. The van der Waals surface area contributed by atoms with Gasteiger partial charge in [-0.05, 0) is 43.5 Å². The number of rotatable bonds is 3. The van der Waals surface area contributed by atoms with Crippen molar-refractivity contribution in [3.8, 4) is 0 Å². The van der Waals surface area contributed by atoms with Crippen LogP contribution in [0.4, 0.5) is 4.39 Å². The van der Waals surface area contributed by atoms with E-state index in [0.29, 0.717) is 11.0 Å². The molecule has 0 spiro atoms. The second kappa shape index (κ2) is 5.49. The number of aromatic nitrogens is 2. The number of nitrogens with zero attached hydrogens (tertiary/aromatic N) is 2. The Balaban J connectivity index is 2.50. The molecule has 1 aromatic carbocycles. The van der Waals surface area contributed by atoms with E-state index < -0.39 is 5.41 Å². The molecule has 0 bridgehead atoms. The molecule has 0 unspecified atom stereocenters. The van der Waals surface area contributed by atoms with E-state index in [-0.39, 0.29) is 11.7 Å². The minimum Gasteiger partial charge on any atom is -0.237 e. The SMILES string of the molecule is CC(C)c1cc(Cl)nc(C(C)(C)c2ccc(F)cc2)n1. The molecule has 0 amide bonds. The van der Waals surface area contributed by atoms with E-state index in [0.717, 1.165) is 11.3 Å². The van der Waals surface area contributed by atoms with Crippen LogP contribution in [0.3, 0.4) is 0 Å². The lowest BCUT2D eigenvalue weighted by Gasteiger charge is -2.24. The van der Waals surface area contributed by atoms with Gasteiger partial charge in [0, 0.05) is 11.1 Å². The third-order valence-corrected chi connectivity index (χ3v) is 3.62. The fourth-order valence-electron chi connectivity index (χ4n) is 2.01. The highest BCUT2D eigenvalue weighted by Crippen LogP contribution is 2.30. The summed E-state index contributed by atoms with van der Waals surface area (Å²) < 4.78 is 13.1. The maximum atomic E-state index is 13.1. The van der Waals surface area contributed by atoms with Gasteiger partial charge < -0.3 is 0 Å². The lowest BCUT2D eigenvalue weighted by molar-refractivity contribution is 0.575. The highest BCUT2D eigenvalue weighted by molar-refractivity contribution is 6.29. The molecule has 0 saturated carbocycles. The molecule has 0 N–H and O–H groups in total. The van der Waals surface area contributed by atoms with Gasteiger partial charge in [0.05, 0.1) is 0 Å². The van der Waals surface area contributed by atoms with Crippen LogP contribution >= 0.6 is 11.6 Å². The summed E-state index contributed by atoms with van der Waals surface area (Å²) >= 11 is 6.10. The van der Waals surface area contributed by atoms with Crippen LogP contribution in [0.1, 0.15) is 50.7 Å². The zero-order valence-corrected chi connectivity index (χ0v) is 12.9. The van der Waals surface area contributed by atoms with Crippen LogP contribution in [0.15, 0.2) is 30.3 Å². The van der Waals surface area contributed by atoms with Crippen molar-refractivity contribution in [2.75, 3.05) is 0 Å². The normalized spacial score (nSPS) is 11.9. The third-order valence-electron chi connectivity index (χ3n) is 3.43. The molecule has 1 heterocycles. The van der Waals surface area contributed by atoms with Crippen molar-refractivity contribution in [3.05, 3.63) is 58.4 Å². The topological polar surface area (TPSA) is 25.8 Å². The van der Waals surface area contributed by atoms with E-state index in [9.17, 15) is 4.39 Å². The quantitative estimate of drug-likeness (QED) is 0.765. The van der Waals surface area contributed by atoms with Crippen molar-refractivity contribution in [1.29, 1.82) is 0 Å². The molecule has 0 aliphatic heterocycles. The minimum atomic E-state index is -0.428. The first-order valence-corrected chi connectivity index (χ1v) is 6.99. The van der Waals surface area contributed by atoms with Gasteiger partial charge >= 0.3 is 0 Å². The van der Waals surface area contributed by atoms with Crippen LogP contribution in [0.5, 0.6) is 0 Å². The van der Waals surface area contributed by atoms with Crippen molar-refractivity contribution in [1.82, 2.24) is 9.97 Å². The van der Waals surface area contributed by atoms with Gasteiger partial charge in [0.1, 0.15) is 16.8 Å². The average Bonchev–Trinajstić information content (AvgIpc) is 2.38. The average molecular weight is 293 g/mol. The number of hydrogen-bond donors (Lipinski definition) is 0. The van der Waals surface area contributed by atoms with Gasteiger partial charge in [-0.1, -0.05) is 37.6 Å². The summed E-state index contributed by atoms with van der Waals surface area (Å²) in [6, 6.07) is 8.20. The Morgan fingerprint density at radius 2 is 1.70 bits per heavy atom. The second-order valence-electron chi connectivity index (χ2n) is 5.73. The molecule has 0 radical (unpaired) electrons. The van der Waals surface area contributed by atoms with Gasteiger partial charge in [0.25, 0.3) is 0 Å². The largest absolute Gasteiger partial charge is 0.237 e. The summed E-state index contributed by atoms with van der Waals surface area (Å²) in [5.74, 6) is 0.679. The van der Waals surface area contributed by atoms with Crippen molar-refractivity contribution in [3.63, 3.8) is 0 Å². The molecule has 106 valence electrons. The predicted molar refractivity (Wildman–Crippen MR) is 79.7 cm³/mol. The predicted octanol–water partition coefficient (Wildman–Crippen LogP) is 4.72. The van der Waals surface area contributed by atoms with Gasteiger partial charge in [-0.2, -0.15) is 0 Å². The monoisotopic (exact) mass is 292 g/mol. The fraction of sp³-hybridized carbons (Fsp3) is 0.375. The number of halogens is 2. The molecule has 0 saturated heterocycles. The van der Waals surface area contributed by atoms with E-state index in [4.69, 9.17) is 11.6 Å². The van der Waals surface area contributed by atoms with Crippen LogP contribution in [0.2, 0.25) is 5.15 Å². The second-order valence-corrected chi connectivity index (χ2v) is 6.11. The zero-order chi connectivity index (χ0) is 14.9. The lowest BCUT2D eigenvalue weighted by atomic mass is 9.83. The zero-order valence-electron chi connectivity index (χ0n) is 12.1. The maximum absolute atomic E-state index is 13.1. The molecule has 0 aliphatic rings. The molecule has 0 aliphatic carbocycles. The van der Waals surface area contributed by atoms with Crippen LogP contribution in [-0.4, -0.2) is 9.97 Å². The van der Waals surface area contributed by atoms with Crippen molar-refractivity contribution in [2.24, 2.45) is 0 Å². The molecule has 2 aromatic rings. The van der Waals surface area contributed by atoms with Crippen LogP contribution < -0.4 is 0 Å². The first-order valence-electron chi connectivity index (χ1n) is 6.61. The standard InChI is InChI=1S/C16H18ClFN2/c1-10(2)13-9-14(17)20-15(19-13)16(3,4)11-5-7-12(18)8-6-11/h5-10H,1-4H3. The molecular formula is C16H18ClFN2. The van der Waals surface area contributed by atoms with Gasteiger partial charge in [0.2, 0.25) is 0 Å². The number of benzene rings is 1. The summed E-state index contributed by atoms with van der Waals surface area (Å²) in [6.45, 7) is 8.15. The summed E-state index contributed by atoms with van der Waals surface area (Å²) in [5, 5.41) is 0.439. The molecule has 0 atom stereocenters. The van der Waals surface area contributed by atoms with Gasteiger partial charge in [0.15, 0.2) is 0 Å². The van der Waals surface area contributed by atoms with E-state index in [1.807, 2.05) is 13.8 Å². The molecule has 4 heteroatoms. The van der Waals surface area contributed by atoms with Gasteiger partial charge in [-0.3, -0.25) is 0 Å². The summed E-state index contributed by atoms with van der Waals surface area (Å²) in [6.07, 6.45) is 0. The van der Waals surface area contributed by atoms with E-state index >= 15 is 0 Å². The van der Waals surface area contributed by atoms with Crippen molar-refractivity contribution in [2.45, 2.75) is 39.0 Å².